The van der Waals surface area contributed by atoms with E-state index in [-0.39, 0.29) is 0 Å². The molecule has 0 fully saturated rings. The number of methoxy groups -OCH3 is 1. The van der Waals surface area contributed by atoms with Crippen LogP contribution in [0.1, 0.15) is 31.2 Å². The van der Waals surface area contributed by atoms with Gasteiger partial charge in [-0.15, -0.1) is 0 Å². The van der Waals surface area contributed by atoms with Crippen molar-refractivity contribution in [2.24, 2.45) is 0 Å². The molecule has 2 nitrogen and oxygen atoms in total. The first-order valence-corrected chi connectivity index (χ1v) is 6.93. The molecule has 0 aliphatic rings. The summed E-state index contributed by atoms with van der Waals surface area (Å²) in [5.74, 6) is 2.03. The minimum absolute atomic E-state index is 0.411. The summed E-state index contributed by atoms with van der Waals surface area (Å²) in [5, 5.41) is 11.4. The van der Waals surface area contributed by atoms with Crippen molar-refractivity contribution in [1.29, 1.82) is 5.26 Å². The highest BCUT2D eigenvalue weighted by Gasteiger charge is 2.13. The van der Waals surface area contributed by atoms with Crippen LogP contribution in [0, 0.1) is 10.7 Å². The summed E-state index contributed by atoms with van der Waals surface area (Å²) in [6, 6.07) is 5.80. The maximum atomic E-state index is 8.52. The van der Waals surface area contributed by atoms with Gasteiger partial charge in [0.05, 0.1) is 7.11 Å². The number of halogens is 1. The van der Waals surface area contributed by atoms with Crippen molar-refractivity contribution in [3.63, 3.8) is 0 Å². The van der Waals surface area contributed by atoms with Gasteiger partial charge in [-0.3, -0.25) is 0 Å². The van der Waals surface area contributed by atoms with Crippen LogP contribution in [-0.2, 0) is 0 Å². The number of hydrogen-bond acceptors (Lipinski definition) is 3. The molecule has 0 aromatic heterocycles. The van der Waals surface area contributed by atoms with Crippen LogP contribution >= 0.6 is 23.4 Å². The molecule has 0 saturated carbocycles. The van der Waals surface area contributed by atoms with Crippen molar-refractivity contribution < 1.29 is 4.74 Å². The van der Waals surface area contributed by atoms with Crippen molar-refractivity contribution in [3.05, 3.63) is 28.8 Å². The molecule has 1 rings (SSSR count). The van der Waals surface area contributed by atoms with Crippen molar-refractivity contribution in [2.45, 2.75) is 25.7 Å². The zero-order valence-corrected chi connectivity index (χ0v) is 11.6. The van der Waals surface area contributed by atoms with Crippen LogP contribution in [0.25, 0.3) is 0 Å². The third-order valence-corrected chi connectivity index (χ3v) is 3.67. The SMILES string of the molecule is CCC(CCSC#N)c1ccc(OC)cc1Cl. The van der Waals surface area contributed by atoms with Gasteiger partial charge in [-0.1, -0.05) is 24.6 Å². The predicted octanol–water partition coefficient (Wildman–Crippen LogP) is 4.45. The first-order valence-electron chi connectivity index (χ1n) is 5.57. The van der Waals surface area contributed by atoms with E-state index in [1.807, 2.05) is 18.2 Å². The van der Waals surface area contributed by atoms with Crippen LogP contribution in [0.5, 0.6) is 5.75 Å². The summed E-state index contributed by atoms with van der Waals surface area (Å²) in [6.07, 6.45) is 2.00. The quantitative estimate of drug-likeness (QED) is 0.565. The van der Waals surface area contributed by atoms with Crippen molar-refractivity contribution in [3.8, 4) is 11.2 Å². The number of nitriles is 1. The Morgan fingerprint density at radius 1 is 1.53 bits per heavy atom. The summed E-state index contributed by atoms with van der Waals surface area (Å²) in [5.41, 5.74) is 1.15. The third kappa shape index (κ3) is 4.14. The molecule has 0 bridgehead atoms. The van der Waals surface area contributed by atoms with Gasteiger partial charge in [0.15, 0.2) is 0 Å². The van der Waals surface area contributed by atoms with Gasteiger partial charge in [0.1, 0.15) is 11.2 Å². The molecule has 0 amide bonds. The molecule has 0 heterocycles. The van der Waals surface area contributed by atoms with Crippen LogP contribution in [0.3, 0.4) is 0 Å². The summed E-state index contributed by atoms with van der Waals surface area (Å²) in [4.78, 5) is 0. The summed E-state index contributed by atoms with van der Waals surface area (Å²) in [7, 11) is 1.63. The Labute approximate surface area is 112 Å². The minimum Gasteiger partial charge on any atom is -0.497 e. The van der Waals surface area contributed by atoms with Gasteiger partial charge < -0.3 is 4.74 Å². The first-order chi connectivity index (χ1) is 8.22. The average molecular weight is 270 g/mol. The van der Waals surface area contributed by atoms with Crippen molar-refractivity contribution in [1.82, 2.24) is 0 Å². The van der Waals surface area contributed by atoms with E-state index in [4.69, 9.17) is 21.6 Å². The second-order valence-electron chi connectivity index (χ2n) is 3.72. The fourth-order valence-electron chi connectivity index (χ4n) is 1.79. The molecule has 0 aliphatic carbocycles. The number of benzene rings is 1. The molecule has 0 aliphatic heterocycles. The lowest BCUT2D eigenvalue weighted by molar-refractivity contribution is 0.414. The number of thioether (sulfide) groups is 1. The van der Waals surface area contributed by atoms with Gasteiger partial charge in [-0.05, 0) is 48.2 Å². The Bertz CT molecular complexity index is 403. The molecule has 0 spiro atoms. The van der Waals surface area contributed by atoms with Crippen LogP contribution < -0.4 is 4.74 Å². The monoisotopic (exact) mass is 269 g/mol. The van der Waals surface area contributed by atoms with Gasteiger partial charge in [0, 0.05) is 10.8 Å². The highest BCUT2D eigenvalue weighted by atomic mass is 35.5. The molecule has 0 radical (unpaired) electrons. The highest BCUT2D eigenvalue weighted by Crippen LogP contribution is 2.32. The number of nitrogens with zero attached hydrogens (tertiary/aromatic N) is 1. The Kier molecular flexibility index (Phi) is 6.25. The molecule has 4 heteroatoms. The summed E-state index contributed by atoms with van der Waals surface area (Å²) < 4.78 is 5.13. The lowest BCUT2D eigenvalue weighted by atomic mass is 9.94. The van der Waals surface area contributed by atoms with E-state index in [1.165, 1.54) is 11.8 Å². The standard InChI is InChI=1S/C13H16ClNOS/c1-3-10(6-7-17-9-15)12-5-4-11(16-2)8-13(12)14/h4-5,8,10H,3,6-7H2,1-2H3. The predicted molar refractivity (Wildman–Crippen MR) is 73.7 cm³/mol. The maximum Gasteiger partial charge on any atom is 0.133 e. The number of rotatable bonds is 6. The van der Waals surface area contributed by atoms with Gasteiger partial charge in [0.25, 0.3) is 0 Å². The summed E-state index contributed by atoms with van der Waals surface area (Å²) in [6.45, 7) is 2.14. The van der Waals surface area contributed by atoms with Gasteiger partial charge in [-0.2, -0.15) is 5.26 Å². The van der Waals surface area contributed by atoms with Gasteiger partial charge >= 0.3 is 0 Å². The molecular formula is C13H16ClNOS. The van der Waals surface area contributed by atoms with E-state index in [1.54, 1.807) is 7.11 Å². The zero-order chi connectivity index (χ0) is 12.7. The number of ether oxygens (including phenoxy) is 1. The Hall–Kier alpha value is -0.850. The molecular weight excluding hydrogens is 254 g/mol. The first kappa shape index (κ1) is 14.2. The second-order valence-corrected chi connectivity index (χ2v) is 5.01. The highest BCUT2D eigenvalue weighted by molar-refractivity contribution is 8.03. The van der Waals surface area contributed by atoms with E-state index in [9.17, 15) is 0 Å². The summed E-state index contributed by atoms with van der Waals surface area (Å²) >= 11 is 7.54. The lowest BCUT2D eigenvalue weighted by Gasteiger charge is -2.16. The zero-order valence-electron chi connectivity index (χ0n) is 10.1. The number of thiocyanates is 1. The van der Waals surface area contributed by atoms with E-state index in [2.05, 4.69) is 12.3 Å². The van der Waals surface area contributed by atoms with E-state index < -0.39 is 0 Å². The normalized spacial score (nSPS) is 11.9. The van der Waals surface area contributed by atoms with E-state index in [0.29, 0.717) is 5.92 Å². The largest absolute Gasteiger partial charge is 0.497 e. The average Bonchev–Trinajstić information content (AvgIpc) is 2.35. The lowest BCUT2D eigenvalue weighted by Crippen LogP contribution is -2.00. The smallest absolute Gasteiger partial charge is 0.133 e. The molecule has 1 atom stereocenters. The molecule has 17 heavy (non-hydrogen) atoms. The number of hydrogen-bond donors (Lipinski definition) is 0. The van der Waals surface area contributed by atoms with Crippen LogP contribution in [-0.4, -0.2) is 12.9 Å². The van der Waals surface area contributed by atoms with Crippen LogP contribution in [0.15, 0.2) is 18.2 Å². The van der Waals surface area contributed by atoms with E-state index >= 15 is 0 Å². The Morgan fingerprint density at radius 3 is 2.82 bits per heavy atom. The van der Waals surface area contributed by atoms with Crippen molar-refractivity contribution in [2.75, 3.05) is 12.9 Å². The minimum atomic E-state index is 0.411. The fraction of sp³-hybridized carbons (Fsp3) is 0.462. The van der Waals surface area contributed by atoms with Gasteiger partial charge in [0.2, 0.25) is 0 Å². The topological polar surface area (TPSA) is 33.0 Å². The molecule has 92 valence electrons. The third-order valence-electron chi connectivity index (χ3n) is 2.77. The molecule has 1 aromatic rings. The Morgan fingerprint density at radius 2 is 2.29 bits per heavy atom. The van der Waals surface area contributed by atoms with Crippen LogP contribution in [0.4, 0.5) is 0 Å². The molecule has 0 saturated heterocycles. The maximum absolute atomic E-state index is 8.52. The molecule has 1 unspecified atom stereocenters. The van der Waals surface area contributed by atoms with Crippen molar-refractivity contribution >= 4 is 23.4 Å². The second kappa shape index (κ2) is 7.47. The van der Waals surface area contributed by atoms with Crippen LogP contribution in [0.2, 0.25) is 5.02 Å². The van der Waals surface area contributed by atoms with Gasteiger partial charge in [-0.25, -0.2) is 0 Å². The fourth-order valence-corrected chi connectivity index (χ4v) is 2.61. The molecule has 0 N–H and O–H groups in total. The molecule has 1 aromatic carbocycles. The Balaban J connectivity index is 2.78. The van der Waals surface area contributed by atoms with E-state index in [0.717, 1.165) is 34.9 Å².